The number of benzene rings is 1. The van der Waals surface area contributed by atoms with E-state index < -0.39 is 10.0 Å². The average molecular weight is 404 g/mol. The van der Waals surface area contributed by atoms with Crippen molar-refractivity contribution in [3.63, 3.8) is 0 Å². The van der Waals surface area contributed by atoms with Gasteiger partial charge in [-0.15, -0.1) is 0 Å². The Balaban J connectivity index is 1.47. The molecule has 1 saturated carbocycles. The van der Waals surface area contributed by atoms with E-state index in [4.69, 9.17) is 4.74 Å². The number of carbonyl (C=O) groups excluding carboxylic acids is 1. The molecule has 3 rings (SSSR count). The summed E-state index contributed by atoms with van der Waals surface area (Å²) in [5, 5.41) is 2.75. The van der Waals surface area contributed by atoms with Gasteiger partial charge < -0.3 is 10.1 Å². The van der Waals surface area contributed by atoms with E-state index in [0.717, 1.165) is 31.2 Å². The SMILES string of the molecule is O=C(COc1ccc(S(=O)(=O)NC2CCCCC2)cc1)NCc1ccncc1. The maximum Gasteiger partial charge on any atom is 0.258 e. The van der Waals surface area contributed by atoms with Crippen LogP contribution < -0.4 is 14.8 Å². The molecule has 1 aromatic heterocycles. The van der Waals surface area contributed by atoms with E-state index in [2.05, 4.69) is 15.0 Å². The lowest BCUT2D eigenvalue weighted by molar-refractivity contribution is -0.123. The van der Waals surface area contributed by atoms with Crippen molar-refractivity contribution >= 4 is 15.9 Å². The van der Waals surface area contributed by atoms with E-state index in [9.17, 15) is 13.2 Å². The summed E-state index contributed by atoms with van der Waals surface area (Å²) in [5.41, 5.74) is 0.948. The first-order valence-electron chi connectivity index (χ1n) is 9.44. The fourth-order valence-corrected chi connectivity index (χ4v) is 4.43. The molecular formula is C20H25N3O4S. The standard InChI is InChI=1S/C20H25N3O4S/c24-20(22-14-16-10-12-21-13-11-16)15-27-18-6-8-19(9-7-18)28(25,26)23-17-4-2-1-3-5-17/h6-13,17,23H,1-5,14-15H2,(H,22,24). The Kier molecular flexibility index (Phi) is 7.00. The molecule has 0 atom stereocenters. The molecule has 1 fully saturated rings. The molecule has 1 aliphatic carbocycles. The van der Waals surface area contributed by atoms with Crippen molar-refractivity contribution in [3.8, 4) is 5.75 Å². The minimum absolute atomic E-state index is 0.0127. The predicted molar refractivity (Wildman–Crippen MR) is 105 cm³/mol. The first-order valence-corrected chi connectivity index (χ1v) is 10.9. The number of amides is 1. The number of hydrogen-bond donors (Lipinski definition) is 2. The van der Waals surface area contributed by atoms with Gasteiger partial charge in [0.15, 0.2) is 6.61 Å². The minimum Gasteiger partial charge on any atom is -0.484 e. The first kappa shape index (κ1) is 20.3. The molecule has 0 saturated heterocycles. The Labute approximate surface area is 165 Å². The summed E-state index contributed by atoms with van der Waals surface area (Å²) in [7, 11) is -3.54. The van der Waals surface area contributed by atoms with Crippen molar-refractivity contribution in [2.24, 2.45) is 0 Å². The summed E-state index contributed by atoms with van der Waals surface area (Å²) in [6, 6.07) is 9.77. The van der Waals surface area contributed by atoms with Crippen molar-refractivity contribution in [3.05, 3.63) is 54.4 Å². The molecule has 8 heteroatoms. The molecule has 0 aliphatic heterocycles. The van der Waals surface area contributed by atoms with Crippen LogP contribution in [0, 0.1) is 0 Å². The van der Waals surface area contributed by atoms with Crippen molar-refractivity contribution in [1.29, 1.82) is 0 Å². The quantitative estimate of drug-likeness (QED) is 0.705. The molecule has 28 heavy (non-hydrogen) atoms. The molecule has 2 N–H and O–H groups in total. The van der Waals surface area contributed by atoms with Gasteiger partial charge in [-0.1, -0.05) is 19.3 Å². The van der Waals surface area contributed by atoms with Crippen LogP contribution in [0.5, 0.6) is 5.75 Å². The van der Waals surface area contributed by atoms with Gasteiger partial charge in [-0.3, -0.25) is 9.78 Å². The van der Waals surface area contributed by atoms with Crippen LogP contribution in [0.3, 0.4) is 0 Å². The first-order chi connectivity index (χ1) is 13.5. The molecule has 1 aliphatic rings. The Hall–Kier alpha value is -2.45. The third-order valence-corrected chi connectivity index (χ3v) is 6.21. The summed E-state index contributed by atoms with van der Waals surface area (Å²) in [6.45, 7) is 0.256. The van der Waals surface area contributed by atoms with Gasteiger partial charge in [0.25, 0.3) is 5.91 Å². The summed E-state index contributed by atoms with van der Waals surface area (Å²) >= 11 is 0. The smallest absolute Gasteiger partial charge is 0.258 e. The number of ether oxygens (including phenoxy) is 1. The van der Waals surface area contributed by atoms with Gasteiger partial charge in [0, 0.05) is 25.0 Å². The Morgan fingerprint density at radius 2 is 1.71 bits per heavy atom. The van der Waals surface area contributed by atoms with Crippen molar-refractivity contribution in [2.75, 3.05) is 6.61 Å². The summed E-state index contributed by atoms with van der Waals surface area (Å²) in [4.78, 5) is 16.0. The van der Waals surface area contributed by atoms with Crippen LogP contribution in [-0.2, 0) is 21.4 Å². The lowest BCUT2D eigenvalue weighted by Crippen LogP contribution is -2.36. The third-order valence-electron chi connectivity index (χ3n) is 4.67. The molecule has 1 aromatic carbocycles. The number of hydrogen-bond acceptors (Lipinski definition) is 5. The number of aromatic nitrogens is 1. The van der Waals surface area contributed by atoms with Gasteiger partial charge in [-0.25, -0.2) is 13.1 Å². The number of nitrogens with one attached hydrogen (secondary N) is 2. The number of carbonyl (C=O) groups is 1. The van der Waals surface area contributed by atoms with E-state index >= 15 is 0 Å². The van der Waals surface area contributed by atoms with E-state index in [-0.39, 0.29) is 23.5 Å². The molecule has 1 heterocycles. The van der Waals surface area contributed by atoms with Crippen molar-refractivity contribution < 1.29 is 17.9 Å². The maximum atomic E-state index is 12.5. The van der Waals surface area contributed by atoms with Gasteiger partial charge in [0.2, 0.25) is 10.0 Å². The zero-order valence-electron chi connectivity index (χ0n) is 15.6. The van der Waals surface area contributed by atoms with Gasteiger partial charge >= 0.3 is 0 Å². The fourth-order valence-electron chi connectivity index (χ4n) is 3.12. The van der Waals surface area contributed by atoms with Gasteiger partial charge in [-0.2, -0.15) is 0 Å². The topological polar surface area (TPSA) is 97.4 Å². The van der Waals surface area contributed by atoms with Crippen molar-refractivity contribution in [1.82, 2.24) is 15.0 Å². The Morgan fingerprint density at radius 1 is 1.04 bits per heavy atom. The number of pyridine rings is 1. The summed E-state index contributed by atoms with van der Waals surface area (Å²) in [6.07, 6.45) is 8.38. The van der Waals surface area contributed by atoms with Crippen LogP contribution in [-0.4, -0.2) is 32.0 Å². The highest BCUT2D eigenvalue weighted by Gasteiger charge is 2.21. The van der Waals surface area contributed by atoms with Crippen LogP contribution in [0.15, 0.2) is 53.7 Å². The number of rotatable bonds is 8. The van der Waals surface area contributed by atoms with Crippen LogP contribution in [0.4, 0.5) is 0 Å². The van der Waals surface area contributed by atoms with E-state index in [1.165, 1.54) is 18.6 Å². The van der Waals surface area contributed by atoms with E-state index in [0.29, 0.717) is 12.3 Å². The highest BCUT2D eigenvalue weighted by atomic mass is 32.2. The molecule has 150 valence electrons. The molecule has 7 nitrogen and oxygen atoms in total. The molecule has 0 unspecified atom stereocenters. The summed E-state index contributed by atoms with van der Waals surface area (Å²) < 4.78 is 33.2. The van der Waals surface area contributed by atoms with Crippen LogP contribution >= 0.6 is 0 Å². The molecule has 0 radical (unpaired) electrons. The molecular weight excluding hydrogens is 378 g/mol. The van der Waals surface area contributed by atoms with E-state index in [1.54, 1.807) is 24.5 Å². The number of sulfonamides is 1. The van der Waals surface area contributed by atoms with Crippen LogP contribution in [0.1, 0.15) is 37.7 Å². The molecule has 1 amide bonds. The molecule has 2 aromatic rings. The fraction of sp³-hybridized carbons (Fsp3) is 0.400. The second-order valence-corrected chi connectivity index (χ2v) is 8.56. The highest BCUT2D eigenvalue weighted by Crippen LogP contribution is 2.21. The minimum atomic E-state index is -3.54. The van der Waals surface area contributed by atoms with E-state index in [1.807, 2.05) is 12.1 Å². The second-order valence-electron chi connectivity index (χ2n) is 6.85. The molecule has 0 bridgehead atoms. The third kappa shape index (κ3) is 6.03. The molecule has 0 spiro atoms. The van der Waals surface area contributed by atoms with Crippen LogP contribution in [0.25, 0.3) is 0 Å². The van der Waals surface area contributed by atoms with Crippen molar-refractivity contribution in [2.45, 2.75) is 49.6 Å². The lowest BCUT2D eigenvalue weighted by atomic mass is 9.96. The Morgan fingerprint density at radius 3 is 2.39 bits per heavy atom. The average Bonchev–Trinajstić information content (AvgIpc) is 2.72. The highest BCUT2D eigenvalue weighted by molar-refractivity contribution is 7.89. The van der Waals surface area contributed by atoms with Gasteiger partial charge in [-0.05, 0) is 54.8 Å². The monoisotopic (exact) mass is 403 g/mol. The normalized spacial score (nSPS) is 15.1. The lowest BCUT2D eigenvalue weighted by Gasteiger charge is -2.22. The largest absolute Gasteiger partial charge is 0.484 e. The summed E-state index contributed by atoms with van der Waals surface area (Å²) in [5.74, 6) is 0.183. The van der Waals surface area contributed by atoms with Gasteiger partial charge in [0.05, 0.1) is 4.90 Å². The zero-order valence-corrected chi connectivity index (χ0v) is 16.5. The second kappa shape index (κ2) is 9.66. The van der Waals surface area contributed by atoms with Crippen LogP contribution in [0.2, 0.25) is 0 Å². The number of nitrogens with zero attached hydrogens (tertiary/aromatic N) is 1. The zero-order chi connectivity index (χ0) is 19.8. The predicted octanol–water partition coefficient (Wildman–Crippen LogP) is 2.39. The van der Waals surface area contributed by atoms with Gasteiger partial charge in [0.1, 0.15) is 5.75 Å². The Bertz CT molecular complexity index is 864. The maximum absolute atomic E-state index is 12.5.